The molecule has 0 bridgehead atoms. The number of hydrogen-bond acceptors (Lipinski definition) is 3. The van der Waals surface area contributed by atoms with E-state index in [1.807, 2.05) is 55.3 Å². The molecular formula is C28H31FN2O2S. The molecule has 4 rings (SSSR count). The van der Waals surface area contributed by atoms with Crippen LogP contribution < -0.4 is 0 Å². The van der Waals surface area contributed by atoms with Crippen molar-refractivity contribution in [3.63, 3.8) is 0 Å². The quantitative estimate of drug-likeness (QED) is 0.461. The van der Waals surface area contributed by atoms with Gasteiger partial charge in [0.05, 0.1) is 6.04 Å². The molecule has 1 atom stereocenters. The number of nitrogens with zero attached hydrogens (tertiary/aromatic N) is 2. The van der Waals surface area contributed by atoms with E-state index in [0.717, 1.165) is 29.5 Å². The highest BCUT2D eigenvalue weighted by Gasteiger charge is 2.36. The molecule has 3 aromatic rings. The summed E-state index contributed by atoms with van der Waals surface area (Å²) >= 11 is 1.69. The first-order valence-electron chi connectivity index (χ1n) is 11.7. The third-order valence-electron chi connectivity index (χ3n) is 6.43. The van der Waals surface area contributed by atoms with Crippen molar-refractivity contribution in [1.29, 1.82) is 0 Å². The molecule has 1 aliphatic rings. The van der Waals surface area contributed by atoms with Gasteiger partial charge in [-0.2, -0.15) is 0 Å². The highest BCUT2D eigenvalue weighted by Crippen LogP contribution is 2.38. The van der Waals surface area contributed by atoms with Gasteiger partial charge in [-0.1, -0.05) is 31.2 Å². The van der Waals surface area contributed by atoms with E-state index in [1.165, 1.54) is 17.0 Å². The third kappa shape index (κ3) is 4.92. The van der Waals surface area contributed by atoms with Crippen molar-refractivity contribution in [3.05, 3.63) is 92.9 Å². The van der Waals surface area contributed by atoms with Crippen LogP contribution in [0.2, 0.25) is 0 Å². The minimum atomic E-state index is -0.537. The molecule has 0 radical (unpaired) electrons. The van der Waals surface area contributed by atoms with E-state index in [0.29, 0.717) is 12.1 Å². The maximum Gasteiger partial charge on any atom is 0.254 e. The summed E-state index contributed by atoms with van der Waals surface area (Å²) in [6.07, 6.45) is 1.68. The van der Waals surface area contributed by atoms with E-state index in [1.54, 1.807) is 28.4 Å². The Hall–Kier alpha value is -2.99. The lowest BCUT2D eigenvalue weighted by molar-refractivity contribution is -0.135. The highest BCUT2D eigenvalue weighted by molar-refractivity contribution is 7.10. The van der Waals surface area contributed by atoms with Crippen molar-refractivity contribution >= 4 is 23.2 Å². The third-order valence-corrected chi connectivity index (χ3v) is 7.43. The van der Waals surface area contributed by atoms with Gasteiger partial charge in [0.15, 0.2) is 0 Å². The number of thiophene rings is 1. The zero-order valence-electron chi connectivity index (χ0n) is 20.2. The topological polar surface area (TPSA) is 40.6 Å². The largest absolute Gasteiger partial charge is 0.330 e. The number of rotatable bonds is 5. The van der Waals surface area contributed by atoms with Crippen LogP contribution in [0.15, 0.2) is 60.0 Å². The number of fused-ring (bicyclic) bond motifs is 1. The molecule has 178 valence electrons. The van der Waals surface area contributed by atoms with Crippen molar-refractivity contribution in [2.75, 3.05) is 13.1 Å². The minimum absolute atomic E-state index is 0.0188. The Balaban J connectivity index is 1.63. The van der Waals surface area contributed by atoms with Crippen LogP contribution in [0, 0.1) is 5.82 Å². The molecule has 0 saturated heterocycles. The Bertz CT molecular complexity index is 1160. The molecule has 0 saturated carbocycles. The molecule has 2 heterocycles. The molecule has 4 nitrogen and oxygen atoms in total. The Morgan fingerprint density at radius 2 is 1.74 bits per heavy atom. The fourth-order valence-electron chi connectivity index (χ4n) is 4.47. The number of benzene rings is 2. The van der Waals surface area contributed by atoms with Crippen molar-refractivity contribution in [2.24, 2.45) is 0 Å². The van der Waals surface area contributed by atoms with Crippen LogP contribution in [0.4, 0.5) is 4.39 Å². The van der Waals surface area contributed by atoms with E-state index in [9.17, 15) is 14.0 Å². The molecular weight excluding hydrogens is 447 g/mol. The molecule has 1 unspecified atom stereocenters. The van der Waals surface area contributed by atoms with Gasteiger partial charge in [-0.15, -0.1) is 11.3 Å². The van der Waals surface area contributed by atoms with Crippen LogP contribution in [0.1, 0.15) is 65.7 Å². The summed E-state index contributed by atoms with van der Waals surface area (Å²) < 4.78 is 13.6. The number of carbonyl (C=O) groups excluding carboxylic acids is 2. The maximum atomic E-state index is 13.7. The fraction of sp³-hybridized carbons (Fsp3) is 0.357. The van der Waals surface area contributed by atoms with Gasteiger partial charge in [0.25, 0.3) is 5.91 Å². The Labute approximate surface area is 205 Å². The summed E-state index contributed by atoms with van der Waals surface area (Å²) in [4.78, 5) is 31.9. The summed E-state index contributed by atoms with van der Waals surface area (Å²) in [5.74, 6) is -0.573. The normalized spacial score (nSPS) is 15.7. The first-order chi connectivity index (χ1) is 16.2. The van der Waals surface area contributed by atoms with Crippen LogP contribution in [0.3, 0.4) is 0 Å². The molecule has 1 aliphatic heterocycles. The second kappa shape index (κ2) is 9.71. The zero-order chi connectivity index (χ0) is 24.5. The number of carbonyl (C=O) groups is 2. The first-order valence-corrected chi connectivity index (χ1v) is 12.6. The lowest BCUT2D eigenvalue weighted by Gasteiger charge is -2.40. The van der Waals surface area contributed by atoms with Gasteiger partial charge in [0, 0.05) is 22.5 Å². The smallest absolute Gasteiger partial charge is 0.254 e. The first kappa shape index (κ1) is 24.1. The van der Waals surface area contributed by atoms with Gasteiger partial charge in [0.1, 0.15) is 12.4 Å². The van der Waals surface area contributed by atoms with Crippen LogP contribution >= 0.6 is 11.3 Å². The molecule has 2 amide bonds. The van der Waals surface area contributed by atoms with E-state index < -0.39 is 5.54 Å². The van der Waals surface area contributed by atoms with Crippen molar-refractivity contribution in [2.45, 2.75) is 52.1 Å². The summed E-state index contributed by atoms with van der Waals surface area (Å²) in [6, 6.07) is 15.7. The van der Waals surface area contributed by atoms with Gasteiger partial charge in [-0.05, 0) is 86.0 Å². The van der Waals surface area contributed by atoms with Gasteiger partial charge in [0.2, 0.25) is 5.91 Å². The van der Waals surface area contributed by atoms with Crippen molar-refractivity contribution in [1.82, 2.24) is 9.80 Å². The van der Waals surface area contributed by atoms with Crippen LogP contribution in [0.5, 0.6) is 0 Å². The minimum Gasteiger partial charge on any atom is -0.330 e. The summed E-state index contributed by atoms with van der Waals surface area (Å²) in [5.41, 5.74) is 3.16. The molecule has 0 aliphatic carbocycles. The fourth-order valence-corrected chi connectivity index (χ4v) is 5.37. The maximum absolute atomic E-state index is 13.7. The highest BCUT2D eigenvalue weighted by atomic mass is 32.1. The SMILES string of the molecule is CCc1ccc(C(=O)N(CC(=O)N2CCc3sccc3C2c2ccc(F)cc2)C(C)(C)C)cc1. The lowest BCUT2D eigenvalue weighted by atomic mass is 9.93. The second-order valence-electron chi connectivity index (χ2n) is 9.70. The monoisotopic (exact) mass is 478 g/mol. The summed E-state index contributed by atoms with van der Waals surface area (Å²) in [5, 5.41) is 2.04. The van der Waals surface area contributed by atoms with Gasteiger partial charge in [-0.3, -0.25) is 9.59 Å². The molecule has 0 fully saturated rings. The Morgan fingerprint density at radius 1 is 1.06 bits per heavy atom. The molecule has 6 heteroatoms. The average Bonchev–Trinajstić information content (AvgIpc) is 3.30. The second-order valence-corrected chi connectivity index (χ2v) is 10.7. The van der Waals surface area contributed by atoms with Crippen LogP contribution in [-0.2, 0) is 17.6 Å². The number of amides is 2. The number of halogens is 1. The van der Waals surface area contributed by atoms with E-state index in [2.05, 4.69) is 13.0 Å². The molecule has 1 aromatic heterocycles. The van der Waals surface area contributed by atoms with Crippen LogP contribution in [0.25, 0.3) is 0 Å². The lowest BCUT2D eigenvalue weighted by Crippen LogP contribution is -2.52. The van der Waals surface area contributed by atoms with E-state index >= 15 is 0 Å². The Morgan fingerprint density at radius 3 is 2.35 bits per heavy atom. The van der Waals surface area contributed by atoms with Crippen LogP contribution in [-0.4, -0.2) is 40.2 Å². The van der Waals surface area contributed by atoms with Crippen molar-refractivity contribution < 1.29 is 14.0 Å². The van der Waals surface area contributed by atoms with E-state index in [-0.39, 0.29) is 30.2 Å². The molecule has 2 aromatic carbocycles. The molecule has 0 N–H and O–H groups in total. The Kier molecular flexibility index (Phi) is 6.89. The van der Waals surface area contributed by atoms with Gasteiger partial charge in [-0.25, -0.2) is 4.39 Å². The predicted molar refractivity (Wildman–Crippen MR) is 135 cm³/mol. The standard InChI is InChI=1S/C28H31FN2O2S/c1-5-19-6-8-21(9-7-19)27(33)31(28(2,3)4)18-25(32)30-16-14-24-23(15-17-34-24)26(30)20-10-12-22(29)13-11-20/h6-13,15,17,26H,5,14,16,18H2,1-4H3. The summed E-state index contributed by atoms with van der Waals surface area (Å²) in [6.45, 7) is 8.46. The van der Waals surface area contributed by atoms with E-state index in [4.69, 9.17) is 0 Å². The van der Waals surface area contributed by atoms with Gasteiger partial charge >= 0.3 is 0 Å². The zero-order valence-corrected chi connectivity index (χ0v) is 21.0. The summed E-state index contributed by atoms with van der Waals surface area (Å²) in [7, 11) is 0. The average molecular weight is 479 g/mol. The number of hydrogen-bond donors (Lipinski definition) is 0. The molecule has 34 heavy (non-hydrogen) atoms. The van der Waals surface area contributed by atoms with Crippen molar-refractivity contribution in [3.8, 4) is 0 Å². The number of aryl methyl sites for hydroxylation is 1. The van der Waals surface area contributed by atoms with Gasteiger partial charge < -0.3 is 9.80 Å². The molecule has 0 spiro atoms. The predicted octanol–water partition coefficient (Wildman–Crippen LogP) is 5.86.